The second-order valence-electron chi connectivity index (χ2n) is 19.7. The van der Waals surface area contributed by atoms with E-state index in [2.05, 4.69) is 243 Å². The normalized spacial score (nSPS) is 17.3. The molecule has 0 bridgehead atoms. The minimum Gasteiger partial charge on any atom is -0.338 e. The molecule has 2 aliphatic carbocycles. The van der Waals surface area contributed by atoms with Crippen LogP contribution in [0.5, 0.6) is 0 Å². The predicted molar refractivity (Wildman–Crippen MR) is 286 cm³/mol. The molecular weight excluding hydrogens is 811 g/mol. The van der Waals surface area contributed by atoms with Gasteiger partial charge in [0.15, 0.2) is 0 Å². The van der Waals surface area contributed by atoms with Crippen LogP contribution in [0.2, 0.25) is 0 Å². The van der Waals surface area contributed by atoms with E-state index in [0.717, 1.165) is 29.4 Å². The minimum absolute atomic E-state index is 0.419. The van der Waals surface area contributed by atoms with E-state index < -0.39 is 0 Å². The molecule has 0 aliphatic heterocycles. The van der Waals surface area contributed by atoms with Crippen molar-refractivity contribution >= 4 is 45.5 Å². The van der Waals surface area contributed by atoms with Crippen LogP contribution >= 0.6 is 0 Å². The zero-order valence-electron chi connectivity index (χ0n) is 40.1. The molecule has 336 valence electrons. The molecule has 2 fully saturated rings. The number of hydrogen-bond acceptors (Lipinski definition) is 3. The topological polar surface area (TPSA) is 9.72 Å². The van der Waals surface area contributed by atoms with E-state index >= 15 is 0 Å². The number of benzene rings is 8. The average molecular weight is 876 g/mol. The molecule has 2 saturated carbocycles. The van der Waals surface area contributed by atoms with E-state index in [4.69, 9.17) is 0 Å². The molecule has 0 amide bonds. The molecule has 0 N–H and O–H groups in total. The van der Waals surface area contributed by atoms with Gasteiger partial charge in [-0.1, -0.05) is 151 Å². The molecule has 0 spiro atoms. The summed E-state index contributed by atoms with van der Waals surface area (Å²) in [6.45, 7) is 10.8. The third-order valence-electron chi connectivity index (χ3n) is 14.9. The number of aryl methyl sites for hydroxylation is 5. The van der Waals surface area contributed by atoms with Gasteiger partial charge in [0.25, 0.3) is 0 Å². The van der Waals surface area contributed by atoms with Gasteiger partial charge in [-0.05, 0) is 185 Å². The lowest BCUT2D eigenvalue weighted by molar-refractivity contribution is 0.197. The summed E-state index contributed by atoms with van der Waals surface area (Å²) < 4.78 is 0. The molecule has 3 unspecified atom stereocenters. The zero-order valence-corrected chi connectivity index (χ0v) is 40.1. The number of hydrogen-bond donors (Lipinski definition) is 0. The summed E-state index contributed by atoms with van der Waals surface area (Å²) in [5.74, 6) is 1.96. The minimum atomic E-state index is 0.419. The van der Waals surface area contributed by atoms with Crippen molar-refractivity contribution in [2.24, 2.45) is 11.8 Å². The molecule has 2 aliphatic rings. The second-order valence-corrected chi connectivity index (χ2v) is 19.7. The van der Waals surface area contributed by atoms with E-state index in [1.807, 2.05) is 0 Å². The van der Waals surface area contributed by atoms with Crippen LogP contribution in [0.3, 0.4) is 0 Å². The predicted octanol–water partition coefficient (Wildman–Crippen LogP) is 18.1. The number of rotatable bonds is 12. The quantitative estimate of drug-likeness (QED) is 0.121. The average Bonchev–Trinajstić information content (AvgIpc) is 3.91. The molecule has 0 saturated heterocycles. The molecular formula is C64H65N3. The van der Waals surface area contributed by atoms with E-state index in [9.17, 15) is 0 Å². The largest absolute Gasteiger partial charge is 0.338 e. The van der Waals surface area contributed by atoms with Crippen molar-refractivity contribution < 1.29 is 0 Å². The molecule has 8 aromatic rings. The van der Waals surface area contributed by atoms with Gasteiger partial charge in [-0.15, -0.1) is 0 Å². The fourth-order valence-corrected chi connectivity index (χ4v) is 11.2. The van der Waals surface area contributed by atoms with Crippen LogP contribution in [-0.4, -0.2) is 6.04 Å². The van der Waals surface area contributed by atoms with Crippen molar-refractivity contribution in [1.82, 2.24) is 0 Å². The van der Waals surface area contributed by atoms with Gasteiger partial charge in [0.2, 0.25) is 0 Å². The molecule has 3 atom stereocenters. The lowest BCUT2D eigenvalue weighted by Gasteiger charge is -2.45. The maximum absolute atomic E-state index is 2.69. The van der Waals surface area contributed by atoms with Gasteiger partial charge in [0, 0.05) is 51.5 Å². The van der Waals surface area contributed by atoms with E-state index in [-0.39, 0.29) is 0 Å². The Hall–Kier alpha value is -6.84. The first-order chi connectivity index (χ1) is 32.7. The highest BCUT2D eigenvalue weighted by Gasteiger charge is 2.40. The first-order valence-corrected chi connectivity index (χ1v) is 24.8. The van der Waals surface area contributed by atoms with E-state index in [0.29, 0.717) is 17.9 Å². The van der Waals surface area contributed by atoms with Crippen molar-refractivity contribution in [2.45, 2.75) is 91.5 Å². The van der Waals surface area contributed by atoms with Crippen molar-refractivity contribution in [1.29, 1.82) is 0 Å². The first-order valence-electron chi connectivity index (χ1n) is 24.8. The van der Waals surface area contributed by atoms with Crippen LogP contribution in [0.4, 0.5) is 45.5 Å². The molecule has 0 radical (unpaired) electrons. The van der Waals surface area contributed by atoms with E-state index in [1.54, 1.807) is 0 Å². The molecule has 0 heterocycles. The highest BCUT2D eigenvalue weighted by molar-refractivity contribution is 5.80. The molecule has 3 heteroatoms. The highest BCUT2D eigenvalue weighted by Crippen LogP contribution is 2.50. The third-order valence-corrected chi connectivity index (χ3v) is 14.9. The monoisotopic (exact) mass is 876 g/mol. The number of anilines is 8. The third kappa shape index (κ3) is 9.70. The Labute approximate surface area is 400 Å². The maximum Gasteiger partial charge on any atom is 0.0462 e. The van der Waals surface area contributed by atoms with Gasteiger partial charge < -0.3 is 14.7 Å². The summed E-state index contributed by atoms with van der Waals surface area (Å²) in [6.07, 6.45) is 8.98. The molecule has 0 aromatic heterocycles. The van der Waals surface area contributed by atoms with Crippen LogP contribution in [0, 0.1) is 46.5 Å². The summed E-state index contributed by atoms with van der Waals surface area (Å²) in [6, 6.07) is 73.4. The summed E-state index contributed by atoms with van der Waals surface area (Å²) in [4.78, 5) is 7.44. The van der Waals surface area contributed by atoms with Crippen molar-refractivity contribution in [3.05, 3.63) is 228 Å². The Morgan fingerprint density at radius 2 is 0.612 bits per heavy atom. The van der Waals surface area contributed by atoms with E-state index in [1.165, 1.54) is 111 Å². The highest BCUT2D eigenvalue weighted by atomic mass is 15.2. The van der Waals surface area contributed by atoms with Crippen LogP contribution in [0.25, 0.3) is 11.1 Å². The smallest absolute Gasteiger partial charge is 0.0462 e. The van der Waals surface area contributed by atoms with Gasteiger partial charge in [0.05, 0.1) is 0 Å². The van der Waals surface area contributed by atoms with Crippen molar-refractivity contribution in [2.75, 3.05) is 14.7 Å². The standard InChI is InChI=1S/C64H65N3/c1-45-10-26-54(27-11-45)65(55-28-12-46(2)13-29-55)59-36-20-50(21-37-59)51-22-38-61(39-23-51)67(58-34-18-49(5)19-35-58)62-42-43-63(64(44-62)52-8-6-7-9-52)53-24-40-60(41-25-53)66(56-30-14-47(3)15-31-56)57-32-16-48(4)17-33-57/h10-41,52,62-64H,6-9,42-44H2,1-5H3. The summed E-state index contributed by atoms with van der Waals surface area (Å²) in [5, 5.41) is 0. The molecule has 8 aromatic carbocycles. The molecule has 10 rings (SSSR count). The molecule has 3 nitrogen and oxygen atoms in total. The van der Waals surface area contributed by atoms with Gasteiger partial charge in [-0.3, -0.25) is 0 Å². The fraction of sp³-hybridized carbons (Fsp3) is 0.250. The first kappa shape index (κ1) is 44.0. The second kappa shape index (κ2) is 19.6. The van der Waals surface area contributed by atoms with Crippen molar-refractivity contribution in [3.8, 4) is 11.1 Å². The van der Waals surface area contributed by atoms with Gasteiger partial charge >= 0.3 is 0 Å². The number of nitrogens with zero attached hydrogens (tertiary/aromatic N) is 3. The van der Waals surface area contributed by atoms with Crippen LogP contribution in [0.15, 0.2) is 194 Å². The van der Waals surface area contributed by atoms with Crippen LogP contribution in [0.1, 0.15) is 84.2 Å². The van der Waals surface area contributed by atoms with Crippen LogP contribution < -0.4 is 14.7 Å². The van der Waals surface area contributed by atoms with Gasteiger partial charge in [-0.25, -0.2) is 0 Å². The summed E-state index contributed by atoms with van der Waals surface area (Å²) in [5.41, 5.74) is 19.9. The Morgan fingerprint density at radius 1 is 0.313 bits per heavy atom. The lowest BCUT2D eigenvalue weighted by Crippen LogP contribution is -2.40. The SMILES string of the molecule is Cc1ccc(N(c2ccc(C)cc2)c2ccc(-c3ccc(N(c4ccc(C)cc4)C4CCC(c5ccc(N(c6ccc(C)cc6)c6ccc(C)cc6)cc5)C(C5CCCC5)C4)cc3)cc2)cc1. The summed E-state index contributed by atoms with van der Waals surface area (Å²) >= 11 is 0. The van der Waals surface area contributed by atoms with Gasteiger partial charge in [-0.2, -0.15) is 0 Å². The lowest BCUT2D eigenvalue weighted by atomic mass is 9.67. The maximum atomic E-state index is 2.69. The van der Waals surface area contributed by atoms with Crippen LogP contribution in [-0.2, 0) is 0 Å². The Balaban J connectivity index is 0.921. The molecule has 67 heavy (non-hydrogen) atoms. The summed E-state index contributed by atoms with van der Waals surface area (Å²) in [7, 11) is 0. The Kier molecular flexibility index (Phi) is 12.8. The fourth-order valence-electron chi connectivity index (χ4n) is 11.2. The van der Waals surface area contributed by atoms with Crippen molar-refractivity contribution in [3.63, 3.8) is 0 Å². The van der Waals surface area contributed by atoms with Gasteiger partial charge in [0.1, 0.15) is 0 Å². The Bertz CT molecular complexity index is 2750. The Morgan fingerprint density at radius 3 is 0.970 bits per heavy atom. The zero-order chi connectivity index (χ0) is 45.9.